The third-order valence-electron chi connectivity index (χ3n) is 2.07. The molecule has 0 spiro atoms. The topological polar surface area (TPSA) is 101 Å². The fraction of sp³-hybridized carbons (Fsp3) is 0.200. The number of hydrogen-bond donors (Lipinski definition) is 3. The number of hydrogen-bond acceptors (Lipinski definition) is 3. The maximum Gasteiger partial charge on any atom is 0.321 e. The summed E-state index contributed by atoms with van der Waals surface area (Å²) >= 11 is 0. The molecule has 0 fully saturated rings. The van der Waals surface area contributed by atoms with Gasteiger partial charge in [-0.05, 0) is 5.56 Å². The average Bonchev–Trinajstić information content (AvgIpc) is 2.18. The Morgan fingerprint density at radius 1 is 1.07 bits per heavy atom. The van der Waals surface area contributed by atoms with Gasteiger partial charge < -0.3 is 15.9 Å². The van der Waals surface area contributed by atoms with Gasteiger partial charge in [0.05, 0.1) is 0 Å². The number of carboxylic acid groups (broad SMARTS) is 2. The van der Waals surface area contributed by atoms with E-state index < -0.39 is 23.9 Å². The molecule has 1 rings (SSSR count). The first kappa shape index (κ1) is 11.2. The summed E-state index contributed by atoms with van der Waals surface area (Å²) in [6.45, 7) is 0. The molecule has 0 aliphatic rings. The monoisotopic (exact) mass is 209 g/mol. The molecule has 0 aromatic heterocycles. The lowest BCUT2D eigenvalue weighted by Gasteiger charge is -2.16. The van der Waals surface area contributed by atoms with E-state index in [1.165, 1.54) is 0 Å². The molecule has 1 aromatic rings. The second-order valence-corrected chi connectivity index (χ2v) is 3.09. The van der Waals surface area contributed by atoms with Crippen molar-refractivity contribution in [2.24, 2.45) is 5.73 Å². The molecule has 5 heteroatoms. The van der Waals surface area contributed by atoms with Gasteiger partial charge in [-0.15, -0.1) is 0 Å². The zero-order valence-corrected chi connectivity index (χ0v) is 7.83. The SMILES string of the molecule is N[C@H](C(=O)O)C(C(=O)O)c1ccccc1. The highest BCUT2D eigenvalue weighted by Gasteiger charge is 2.31. The van der Waals surface area contributed by atoms with Crippen molar-refractivity contribution in [1.29, 1.82) is 0 Å². The number of carboxylic acids is 2. The first-order valence-corrected chi connectivity index (χ1v) is 4.30. The van der Waals surface area contributed by atoms with Crippen LogP contribution in [0.15, 0.2) is 30.3 Å². The van der Waals surface area contributed by atoms with E-state index in [1.54, 1.807) is 30.3 Å². The first-order valence-electron chi connectivity index (χ1n) is 4.30. The van der Waals surface area contributed by atoms with E-state index in [-0.39, 0.29) is 0 Å². The predicted molar refractivity (Wildman–Crippen MR) is 52.4 cm³/mol. The minimum atomic E-state index is -1.44. The molecule has 0 heterocycles. The third-order valence-corrected chi connectivity index (χ3v) is 2.07. The highest BCUT2D eigenvalue weighted by atomic mass is 16.4. The molecule has 80 valence electrons. The van der Waals surface area contributed by atoms with Crippen LogP contribution in [0, 0.1) is 0 Å². The average molecular weight is 209 g/mol. The van der Waals surface area contributed by atoms with Crippen molar-refractivity contribution in [2.45, 2.75) is 12.0 Å². The Labute approximate surface area is 86.1 Å². The van der Waals surface area contributed by atoms with E-state index in [1.807, 2.05) is 0 Å². The molecule has 0 bridgehead atoms. The number of rotatable bonds is 4. The fourth-order valence-electron chi connectivity index (χ4n) is 1.31. The van der Waals surface area contributed by atoms with Crippen LogP contribution in [0.4, 0.5) is 0 Å². The van der Waals surface area contributed by atoms with Crippen LogP contribution >= 0.6 is 0 Å². The molecular formula is C10H11NO4. The Morgan fingerprint density at radius 3 is 2.00 bits per heavy atom. The third kappa shape index (κ3) is 2.54. The van der Waals surface area contributed by atoms with E-state index in [9.17, 15) is 9.59 Å². The standard InChI is InChI=1S/C10H11NO4/c11-8(10(14)15)7(9(12)13)6-4-2-1-3-5-6/h1-5,7-8H,11H2,(H,12,13)(H,14,15)/t7?,8-/m0/s1. The quantitative estimate of drug-likeness (QED) is 0.660. The molecule has 0 saturated heterocycles. The molecular weight excluding hydrogens is 198 g/mol. The normalized spacial score (nSPS) is 14.2. The van der Waals surface area contributed by atoms with Gasteiger partial charge in [-0.1, -0.05) is 30.3 Å². The number of nitrogens with two attached hydrogens (primary N) is 1. The number of aliphatic carboxylic acids is 2. The molecule has 0 radical (unpaired) electrons. The minimum absolute atomic E-state index is 0.389. The van der Waals surface area contributed by atoms with Crippen LogP contribution in [-0.4, -0.2) is 28.2 Å². The lowest BCUT2D eigenvalue weighted by atomic mass is 9.92. The van der Waals surface area contributed by atoms with E-state index in [2.05, 4.69) is 0 Å². The summed E-state index contributed by atoms with van der Waals surface area (Å²) in [5, 5.41) is 17.6. The van der Waals surface area contributed by atoms with Crippen LogP contribution in [0.25, 0.3) is 0 Å². The van der Waals surface area contributed by atoms with Crippen molar-refractivity contribution in [3.63, 3.8) is 0 Å². The van der Waals surface area contributed by atoms with E-state index >= 15 is 0 Å². The second-order valence-electron chi connectivity index (χ2n) is 3.09. The molecule has 2 atom stereocenters. The number of carbonyl (C=O) groups is 2. The molecule has 0 saturated carbocycles. The molecule has 0 aliphatic carbocycles. The van der Waals surface area contributed by atoms with Gasteiger partial charge in [0.2, 0.25) is 0 Å². The summed E-state index contributed by atoms with van der Waals surface area (Å²) in [7, 11) is 0. The van der Waals surface area contributed by atoms with Crippen LogP contribution in [0.3, 0.4) is 0 Å². The van der Waals surface area contributed by atoms with Gasteiger partial charge in [0.15, 0.2) is 0 Å². The lowest BCUT2D eigenvalue weighted by molar-refractivity contribution is -0.146. The van der Waals surface area contributed by atoms with E-state index in [4.69, 9.17) is 15.9 Å². The fourth-order valence-corrected chi connectivity index (χ4v) is 1.31. The van der Waals surface area contributed by atoms with Crippen LogP contribution in [0.1, 0.15) is 11.5 Å². The maximum absolute atomic E-state index is 10.9. The molecule has 4 N–H and O–H groups in total. The van der Waals surface area contributed by atoms with Crippen LogP contribution < -0.4 is 5.73 Å². The van der Waals surface area contributed by atoms with Gasteiger partial charge in [-0.3, -0.25) is 9.59 Å². The summed E-state index contributed by atoms with van der Waals surface area (Å²) in [5.74, 6) is -3.79. The van der Waals surface area contributed by atoms with Gasteiger partial charge in [0, 0.05) is 0 Å². The Hall–Kier alpha value is -1.88. The van der Waals surface area contributed by atoms with Gasteiger partial charge in [-0.2, -0.15) is 0 Å². The summed E-state index contributed by atoms with van der Waals surface area (Å²) in [6, 6.07) is 6.64. The molecule has 15 heavy (non-hydrogen) atoms. The lowest BCUT2D eigenvalue weighted by Crippen LogP contribution is -2.40. The molecule has 0 aliphatic heterocycles. The van der Waals surface area contributed by atoms with Crippen molar-refractivity contribution in [3.05, 3.63) is 35.9 Å². The molecule has 1 unspecified atom stereocenters. The molecule has 1 aromatic carbocycles. The first-order chi connectivity index (χ1) is 7.04. The van der Waals surface area contributed by atoms with Crippen molar-refractivity contribution in [2.75, 3.05) is 0 Å². The Kier molecular flexibility index (Phi) is 3.41. The Bertz CT molecular complexity index is 363. The summed E-state index contributed by atoms with van der Waals surface area (Å²) < 4.78 is 0. The van der Waals surface area contributed by atoms with Crippen LogP contribution in [0.5, 0.6) is 0 Å². The number of benzene rings is 1. The predicted octanol–water partition coefficient (Wildman–Crippen LogP) is 0.267. The second kappa shape index (κ2) is 4.56. The van der Waals surface area contributed by atoms with Crippen molar-refractivity contribution in [1.82, 2.24) is 0 Å². The van der Waals surface area contributed by atoms with Crippen molar-refractivity contribution < 1.29 is 19.8 Å². The van der Waals surface area contributed by atoms with Gasteiger partial charge in [0.1, 0.15) is 12.0 Å². The Balaban J connectivity index is 3.04. The maximum atomic E-state index is 10.9. The molecule has 5 nitrogen and oxygen atoms in total. The van der Waals surface area contributed by atoms with E-state index in [0.717, 1.165) is 0 Å². The highest BCUT2D eigenvalue weighted by Crippen LogP contribution is 2.18. The summed E-state index contributed by atoms with van der Waals surface area (Å²) in [4.78, 5) is 21.5. The van der Waals surface area contributed by atoms with E-state index in [0.29, 0.717) is 5.56 Å². The van der Waals surface area contributed by atoms with Gasteiger partial charge in [-0.25, -0.2) is 0 Å². The Morgan fingerprint density at radius 2 is 1.60 bits per heavy atom. The zero-order valence-electron chi connectivity index (χ0n) is 7.83. The van der Waals surface area contributed by atoms with Crippen molar-refractivity contribution >= 4 is 11.9 Å². The van der Waals surface area contributed by atoms with Gasteiger partial charge >= 0.3 is 11.9 Å². The summed E-state index contributed by atoms with van der Waals surface area (Å²) in [5.41, 5.74) is 5.70. The van der Waals surface area contributed by atoms with Crippen LogP contribution in [0.2, 0.25) is 0 Å². The zero-order chi connectivity index (χ0) is 11.4. The van der Waals surface area contributed by atoms with Crippen LogP contribution in [-0.2, 0) is 9.59 Å². The smallest absolute Gasteiger partial charge is 0.321 e. The minimum Gasteiger partial charge on any atom is -0.481 e. The molecule has 0 amide bonds. The van der Waals surface area contributed by atoms with Gasteiger partial charge in [0.25, 0.3) is 0 Å². The highest BCUT2D eigenvalue weighted by molar-refractivity contribution is 5.86. The largest absolute Gasteiger partial charge is 0.481 e. The van der Waals surface area contributed by atoms with Crippen molar-refractivity contribution in [3.8, 4) is 0 Å². The summed E-state index contributed by atoms with van der Waals surface area (Å²) in [6.07, 6.45) is 0.